The first-order valence-corrected chi connectivity index (χ1v) is 7.61. The van der Waals surface area contributed by atoms with Gasteiger partial charge in [0.25, 0.3) is 11.8 Å². The van der Waals surface area contributed by atoms with E-state index in [4.69, 9.17) is 4.74 Å². The van der Waals surface area contributed by atoms with Crippen molar-refractivity contribution in [3.8, 4) is 5.75 Å². The number of hydrogen-bond acceptors (Lipinski definition) is 3. The van der Waals surface area contributed by atoms with Crippen molar-refractivity contribution in [2.24, 2.45) is 0 Å². The first-order chi connectivity index (χ1) is 11.6. The molecule has 6 heteroatoms. The van der Waals surface area contributed by atoms with Gasteiger partial charge in [-0.25, -0.2) is 4.39 Å². The van der Waals surface area contributed by atoms with E-state index >= 15 is 0 Å². The maximum absolute atomic E-state index is 13.5. The lowest BCUT2D eigenvalue weighted by atomic mass is 10.1. The molecule has 0 radical (unpaired) electrons. The molecule has 1 N–H and O–H groups in total. The number of anilines is 1. The molecular formula is C18H17FN2O3. The minimum atomic E-state index is -0.541. The Morgan fingerprint density at radius 2 is 2.08 bits per heavy atom. The van der Waals surface area contributed by atoms with Crippen LogP contribution in [-0.4, -0.2) is 32.0 Å². The molecule has 1 aliphatic heterocycles. The van der Waals surface area contributed by atoms with Crippen LogP contribution < -0.4 is 15.0 Å². The predicted molar refractivity (Wildman–Crippen MR) is 87.8 cm³/mol. The van der Waals surface area contributed by atoms with Crippen LogP contribution in [0.25, 0.3) is 0 Å². The van der Waals surface area contributed by atoms with Crippen LogP contribution in [0.15, 0.2) is 42.5 Å². The molecule has 2 aromatic rings. The number of carbonyl (C=O) groups excluding carboxylic acids is 2. The molecule has 0 fully saturated rings. The molecule has 0 aliphatic carbocycles. The van der Waals surface area contributed by atoms with E-state index in [2.05, 4.69) is 5.32 Å². The monoisotopic (exact) mass is 328 g/mol. The minimum Gasteiger partial charge on any atom is -0.482 e. The molecule has 2 amide bonds. The molecule has 124 valence electrons. The Morgan fingerprint density at radius 1 is 1.29 bits per heavy atom. The number of nitrogens with zero attached hydrogens (tertiary/aromatic N) is 1. The standard InChI is InChI=1S/C18H17FN2O3/c1-21-15-10-12(6-7-16(15)24-11-17(21)22)8-9-20-18(23)13-4-2-3-5-14(13)19/h2-7,10H,8-9,11H2,1H3,(H,20,23). The van der Waals surface area contributed by atoms with Crippen molar-refractivity contribution >= 4 is 17.5 Å². The van der Waals surface area contributed by atoms with E-state index in [-0.39, 0.29) is 18.1 Å². The van der Waals surface area contributed by atoms with Gasteiger partial charge in [-0.2, -0.15) is 0 Å². The van der Waals surface area contributed by atoms with Crippen LogP contribution in [-0.2, 0) is 11.2 Å². The van der Waals surface area contributed by atoms with E-state index in [9.17, 15) is 14.0 Å². The molecule has 1 heterocycles. The van der Waals surface area contributed by atoms with Crippen LogP contribution >= 0.6 is 0 Å². The zero-order chi connectivity index (χ0) is 17.1. The van der Waals surface area contributed by atoms with E-state index in [0.717, 1.165) is 5.56 Å². The van der Waals surface area contributed by atoms with Gasteiger partial charge in [0.1, 0.15) is 11.6 Å². The maximum atomic E-state index is 13.5. The van der Waals surface area contributed by atoms with Gasteiger partial charge >= 0.3 is 0 Å². The van der Waals surface area contributed by atoms with Gasteiger partial charge in [0.15, 0.2) is 6.61 Å². The number of carbonyl (C=O) groups is 2. The number of likely N-dealkylation sites (N-methyl/N-ethyl adjacent to an activating group) is 1. The number of ether oxygens (including phenoxy) is 1. The van der Waals surface area contributed by atoms with Gasteiger partial charge in [0.05, 0.1) is 11.3 Å². The van der Waals surface area contributed by atoms with E-state index in [0.29, 0.717) is 24.4 Å². The van der Waals surface area contributed by atoms with Crippen molar-refractivity contribution in [2.75, 3.05) is 25.1 Å². The van der Waals surface area contributed by atoms with Crippen molar-refractivity contribution in [3.05, 3.63) is 59.4 Å². The summed E-state index contributed by atoms with van der Waals surface area (Å²) in [5.41, 5.74) is 1.69. The maximum Gasteiger partial charge on any atom is 0.264 e. The quantitative estimate of drug-likeness (QED) is 0.936. The lowest BCUT2D eigenvalue weighted by Gasteiger charge is -2.26. The Labute approximate surface area is 139 Å². The highest BCUT2D eigenvalue weighted by Crippen LogP contribution is 2.31. The van der Waals surface area contributed by atoms with Crippen LogP contribution in [0.1, 0.15) is 15.9 Å². The molecule has 2 aromatic carbocycles. The Hall–Kier alpha value is -2.89. The van der Waals surface area contributed by atoms with Crippen molar-refractivity contribution in [1.29, 1.82) is 0 Å². The molecule has 0 saturated carbocycles. The highest BCUT2D eigenvalue weighted by atomic mass is 19.1. The highest BCUT2D eigenvalue weighted by Gasteiger charge is 2.22. The molecule has 0 aromatic heterocycles. The zero-order valence-corrected chi connectivity index (χ0v) is 13.2. The summed E-state index contributed by atoms with van der Waals surface area (Å²) in [4.78, 5) is 25.2. The van der Waals surface area contributed by atoms with Crippen LogP contribution in [0.5, 0.6) is 5.75 Å². The summed E-state index contributed by atoms with van der Waals surface area (Å²) in [7, 11) is 1.70. The molecule has 0 atom stereocenters. The number of amides is 2. The predicted octanol–water partition coefficient (Wildman–Crippen LogP) is 2.15. The lowest BCUT2D eigenvalue weighted by molar-refractivity contribution is -0.120. The fraction of sp³-hybridized carbons (Fsp3) is 0.222. The number of halogens is 1. The summed E-state index contributed by atoms with van der Waals surface area (Å²) in [6.07, 6.45) is 0.565. The average molecular weight is 328 g/mol. The van der Waals surface area contributed by atoms with Gasteiger partial charge in [-0.3, -0.25) is 9.59 Å². The third kappa shape index (κ3) is 3.22. The first-order valence-electron chi connectivity index (χ1n) is 7.61. The Bertz CT molecular complexity index is 792. The molecule has 0 saturated heterocycles. The van der Waals surface area contributed by atoms with Crippen LogP contribution in [0.4, 0.5) is 10.1 Å². The van der Waals surface area contributed by atoms with Crippen molar-refractivity contribution in [2.45, 2.75) is 6.42 Å². The van der Waals surface area contributed by atoms with Crippen molar-refractivity contribution in [1.82, 2.24) is 5.32 Å². The van der Waals surface area contributed by atoms with Gasteiger partial charge in [0, 0.05) is 13.6 Å². The second kappa shape index (κ2) is 6.70. The van der Waals surface area contributed by atoms with E-state index in [1.54, 1.807) is 24.1 Å². The fourth-order valence-electron chi connectivity index (χ4n) is 2.53. The van der Waals surface area contributed by atoms with E-state index < -0.39 is 11.7 Å². The van der Waals surface area contributed by atoms with Gasteiger partial charge in [-0.15, -0.1) is 0 Å². The summed E-state index contributed by atoms with van der Waals surface area (Å²) in [5, 5.41) is 2.70. The topological polar surface area (TPSA) is 58.6 Å². The van der Waals surface area contributed by atoms with Gasteiger partial charge in [0.2, 0.25) is 0 Å². The van der Waals surface area contributed by atoms with Gasteiger partial charge < -0.3 is 15.0 Å². The summed E-state index contributed by atoms with van der Waals surface area (Å²) in [5.74, 6) is -0.425. The molecule has 24 heavy (non-hydrogen) atoms. The molecule has 0 unspecified atom stereocenters. The minimum absolute atomic E-state index is 0.0293. The second-order valence-electron chi connectivity index (χ2n) is 5.53. The number of benzene rings is 2. The first kappa shape index (κ1) is 16.0. The number of fused-ring (bicyclic) bond motifs is 1. The van der Waals surface area contributed by atoms with Crippen molar-refractivity contribution < 1.29 is 18.7 Å². The zero-order valence-electron chi connectivity index (χ0n) is 13.2. The molecule has 5 nitrogen and oxygen atoms in total. The summed E-state index contributed by atoms with van der Waals surface area (Å²) < 4.78 is 18.9. The van der Waals surface area contributed by atoms with E-state index in [1.165, 1.54) is 12.1 Å². The normalized spacial score (nSPS) is 13.2. The summed E-state index contributed by atoms with van der Waals surface area (Å²) in [6.45, 7) is 0.409. The smallest absolute Gasteiger partial charge is 0.264 e. The number of hydrogen-bond donors (Lipinski definition) is 1. The summed E-state index contributed by atoms with van der Waals surface area (Å²) in [6, 6.07) is 11.4. The molecule has 1 aliphatic rings. The average Bonchev–Trinajstić information content (AvgIpc) is 2.59. The lowest BCUT2D eigenvalue weighted by Crippen LogP contribution is -2.35. The Kier molecular flexibility index (Phi) is 4.46. The summed E-state index contributed by atoms with van der Waals surface area (Å²) >= 11 is 0. The third-order valence-corrected chi connectivity index (χ3v) is 3.93. The molecular weight excluding hydrogens is 311 g/mol. The molecule has 0 spiro atoms. The fourth-order valence-corrected chi connectivity index (χ4v) is 2.53. The number of nitrogens with one attached hydrogen (secondary N) is 1. The SMILES string of the molecule is CN1C(=O)COc2ccc(CCNC(=O)c3ccccc3F)cc21. The Balaban J connectivity index is 1.63. The van der Waals surface area contributed by atoms with E-state index in [1.807, 2.05) is 18.2 Å². The van der Waals surface area contributed by atoms with Gasteiger partial charge in [-0.05, 0) is 36.2 Å². The number of rotatable bonds is 4. The third-order valence-electron chi connectivity index (χ3n) is 3.93. The van der Waals surface area contributed by atoms with Gasteiger partial charge in [-0.1, -0.05) is 18.2 Å². The Morgan fingerprint density at radius 3 is 2.88 bits per heavy atom. The van der Waals surface area contributed by atoms with Crippen molar-refractivity contribution in [3.63, 3.8) is 0 Å². The molecule has 0 bridgehead atoms. The molecule has 3 rings (SSSR count). The van der Waals surface area contributed by atoms with Crippen LogP contribution in [0.2, 0.25) is 0 Å². The second-order valence-corrected chi connectivity index (χ2v) is 5.53. The highest BCUT2D eigenvalue weighted by molar-refractivity contribution is 5.97. The largest absolute Gasteiger partial charge is 0.482 e. The van der Waals surface area contributed by atoms with Crippen LogP contribution in [0.3, 0.4) is 0 Å². The van der Waals surface area contributed by atoms with Crippen LogP contribution in [0, 0.1) is 5.82 Å².